The van der Waals surface area contributed by atoms with Crippen molar-refractivity contribution < 1.29 is 12.8 Å². The van der Waals surface area contributed by atoms with Gasteiger partial charge in [-0.1, -0.05) is 6.07 Å². The summed E-state index contributed by atoms with van der Waals surface area (Å²) in [4.78, 5) is -0.225. The molecule has 4 nitrogen and oxygen atoms in total. The second kappa shape index (κ2) is 7.05. The van der Waals surface area contributed by atoms with Gasteiger partial charge in [0.05, 0.1) is 0 Å². The van der Waals surface area contributed by atoms with Gasteiger partial charge in [0.15, 0.2) is 0 Å². The molecule has 0 aromatic heterocycles. The molecule has 1 unspecified atom stereocenters. The number of aryl methyl sites for hydroxylation is 1. The minimum atomic E-state index is -3.75. The number of hydrogen-bond donors (Lipinski definition) is 1. The van der Waals surface area contributed by atoms with E-state index in [4.69, 9.17) is 5.73 Å². The molecular formula is C14H22ClFN2O2S. The summed E-state index contributed by atoms with van der Waals surface area (Å²) in [6, 6.07) is 4.23. The van der Waals surface area contributed by atoms with Crippen molar-refractivity contribution in [1.29, 1.82) is 0 Å². The third-order valence-corrected chi connectivity index (χ3v) is 5.86. The van der Waals surface area contributed by atoms with Crippen LogP contribution in [0.3, 0.4) is 0 Å². The maximum Gasteiger partial charge on any atom is 0.245 e. The molecule has 1 saturated heterocycles. The minimum absolute atomic E-state index is 0. The molecule has 21 heavy (non-hydrogen) atoms. The van der Waals surface area contributed by atoms with Crippen LogP contribution in [0.2, 0.25) is 0 Å². The molecule has 1 aromatic carbocycles. The molecule has 2 N–H and O–H groups in total. The molecule has 1 fully saturated rings. The fourth-order valence-corrected chi connectivity index (χ4v) is 4.21. The van der Waals surface area contributed by atoms with Crippen molar-refractivity contribution in [2.24, 2.45) is 11.7 Å². The van der Waals surface area contributed by atoms with E-state index in [2.05, 4.69) is 0 Å². The average molecular weight is 337 g/mol. The molecule has 7 heteroatoms. The molecule has 0 saturated carbocycles. The molecule has 0 bridgehead atoms. The molecule has 120 valence electrons. The van der Waals surface area contributed by atoms with E-state index in [0.29, 0.717) is 19.0 Å². The summed E-state index contributed by atoms with van der Waals surface area (Å²) in [6.07, 6.45) is 1.45. The number of hydrogen-bond acceptors (Lipinski definition) is 3. The van der Waals surface area contributed by atoms with E-state index in [0.717, 1.165) is 18.4 Å². The maximum atomic E-state index is 13.8. The van der Waals surface area contributed by atoms with Crippen molar-refractivity contribution in [2.75, 3.05) is 13.1 Å². The summed E-state index contributed by atoms with van der Waals surface area (Å²) in [6.45, 7) is 4.50. The highest BCUT2D eigenvalue weighted by molar-refractivity contribution is 7.89. The van der Waals surface area contributed by atoms with Crippen molar-refractivity contribution in [3.8, 4) is 0 Å². The molecule has 1 aliphatic rings. The van der Waals surface area contributed by atoms with Crippen LogP contribution in [-0.2, 0) is 10.0 Å². The van der Waals surface area contributed by atoms with Gasteiger partial charge in [0.2, 0.25) is 10.0 Å². The van der Waals surface area contributed by atoms with Gasteiger partial charge in [-0.25, -0.2) is 12.8 Å². The number of rotatable bonds is 3. The summed E-state index contributed by atoms with van der Waals surface area (Å²) in [7, 11) is -3.75. The van der Waals surface area contributed by atoms with Gasteiger partial charge in [-0.3, -0.25) is 0 Å². The first kappa shape index (κ1) is 18.4. The summed E-state index contributed by atoms with van der Waals surface area (Å²) in [5.41, 5.74) is 6.58. The Morgan fingerprint density at radius 2 is 1.90 bits per heavy atom. The summed E-state index contributed by atoms with van der Waals surface area (Å²) < 4.78 is 40.1. The maximum absolute atomic E-state index is 13.8. The molecule has 2 rings (SSSR count). The van der Waals surface area contributed by atoms with E-state index in [1.165, 1.54) is 16.4 Å². The highest BCUT2D eigenvalue weighted by Gasteiger charge is 2.32. The van der Waals surface area contributed by atoms with Gasteiger partial charge in [-0.05, 0) is 50.3 Å². The van der Waals surface area contributed by atoms with Crippen molar-refractivity contribution in [3.05, 3.63) is 29.6 Å². The van der Waals surface area contributed by atoms with Gasteiger partial charge in [0.1, 0.15) is 10.7 Å². The Bertz CT molecular complexity index is 585. The smallest absolute Gasteiger partial charge is 0.245 e. The van der Waals surface area contributed by atoms with Gasteiger partial charge in [0, 0.05) is 19.1 Å². The molecule has 0 amide bonds. The zero-order valence-corrected chi connectivity index (χ0v) is 13.9. The number of nitrogens with zero attached hydrogens (tertiary/aromatic N) is 1. The lowest BCUT2D eigenvalue weighted by Crippen LogP contribution is -2.42. The number of halogens is 2. The Hall–Kier alpha value is -0.690. The third kappa shape index (κ3) is 3.94. The molecule has 1 atom stereocenters. The zero-order valence-electron chi connectivity index (χ0n) is 12.3. The average Bonchev–Trinajstić information content (AvgIpc) is 2.41. The predicted molar refractivity (Wildman–Crippen MR) is 83.5 cm³/mol. The Balaban J connectivity index is 0.00000220. The van der Waals surface area contributed by atoms with Crippen molar-refractivity contribution in [3.63, 3.8) is 0 Å². The van der Waals surface area contributed by atoms with E-state index < -0.39 is 15.8 Å². The SMILES string of the molecule is Cc1ccc(F)c(S(=O)(=O)N2CCC(C(C)N)CC2)c1.Cl. The van der Waals surface area contributed by atoms with Crippen LogP contribution in [0, 0.1) is 18.7 Å². The van der Waals surface area contributed by atoms with Crippen LogP contribution < -0.4 is 5.73 Å². The number of piperidine rings is 1. The van der Waals surface area contributed by atoms with Gasteiger partial charge in [-0.15, -0.1) is 12.4 Å². The van der Waals surface area contributed by atoms with Crippen molar-refractivity contribution in [1.82, 2.24) is 4.31 Å². The first-order valence-corrected chi connectivity index (χ1v) is 8.28. The second-order valence-corrected chi connectivity index (χ2v) is 7.44. The van der Waals surface area contributed by atoms with Crippen LogP contribution in [0.1, 0.15) is 25.3 Å². The van der Waals surface area contributed by atoms with E-state index in [-0.39, 0.29) is 23.3 Å². The zero-order chi connectivity index (χ0) is 14.9. The van der Waals surface area contributed by atoms with E-state index >= 15 is 0 Å². The Morgan fingerprint density at radius 3 is 2.43 bits per heavy atom. The van der Waals surface area contributed by atoms with Gasteiger partial charge in [0.25, 0.3) is 0 Å². The quantitative estimate of drug-likeness (QED) is 0.921. The van der Waals surface area contributed by atoms with E-state index in [1.54, 1.807) is 13.0 Å². The minimum Gasteiger partial charge on any atom is -0.328 e. The summed E-state index contributed by atoms with van der Waals surface area (Å²) in [5.74, 6) is -0.353. The van der Waals surface area contributed by atoms with Gasteiger partial charge in [-0.2, -0.15) is 4.31 Å². The summed E-state index contributed by atoms with van der Waals surface area (Å²) >= 11 is 0. The molecule has 0 aliphatic carbocycles. The Labute approximate surface area is 132 Å². The first-order chi connectivity index (χ1) is 9.32. The van der Waals surface area contributed by atoms with Crippen LogP contribution in [0.4, 0.5) is 4.39 Å². The fraction of sp³-hybridized carbons (Fsp3) is 0.571. The predicted octanol–water partition coefficient (Wildman–Crippen LogP) is 2.30. The largest absolute Gasteiger partial charge is 0.328 e. The molecular weight excluding hydrogens is 315 g/mol. The van der Waals surface area contributed by atoms with Crippen LogP contribution in [0.25, 0.3) is 0 Å². The lowest BCUT2D eigenvalue weighted by molar-refractivity contribution is 0.250. The lowest BCUT2D eigenvalue weighted by atomic mass is 9.92. The number of nitrogens with two attached hydrogens (primary N) is 1. The first-order valence-electron chi connectivity index (χ1n) is 6.84. The monoisotopic (exact) mass is 336 g/mol. The number of sulfonamides is 1. The molecule has 1 aromatic rings. The van der Waals surface area contributed by atoms with Gasteiger partial charge < -0.3 is 5.73 Å². The highest BCUT2D eigenvalue weighted by atomic mass is 35.5. The number of benzene rings is 1. The van der Waals surface area contributed by atoms with Crippen molar-refractivity contribution >= 4 is 22.4 Å². The van der Waals surface area contributed by atoms with Crippen LogP contribution in [0.15, 0.2) is 23.1 Å². The fourth-order valence-electron chi connectivity index (χ4n) is 2.59. The molecule has 0 spiro atoms. The second-order valence-electron chi connectivity index (χ2n) is 5.53. The Morgan fingerprint density at radius 1 is 1.33 bits per heavy atom. The topological polar surface area (TPSA) is 63.4 Å². The van der Waals surface area contributed by atoms with Crippen LogP contribution >= 0.6 is 12.4 Å². The van der Waals surface area contributed by atoms with E-state index in [1.807, 2.05) is 6.92 Å². The third-order valence-electron chi connectivity index (χ3n) is 3.95. The van der Waals surface area contributed by atoms with E-state index in [9.17, 15) is 12.8 Å². The molecule has 1 heterocycles. The normalized spacial score (nSPS) is 19.0. The summed E-state index contributed by atoms with van der Waals surface area (Å²) in [5, 5.41) is 0. The molecule has 0 radical (unpaired) electrons. The van der Waals surface area contributed by atoms with Crippen molar-refractivity contribution in [2.45, 2.75) is 37.6 Å². The van der Waals surface area contributed by atoms with Gasteiger partial charge >= 0.3 is 0 Å². The standard InChI is InChI=1S/C14H21FN2O2S.ClH/c1-10-3-4-13(15)14(9-10)20(18,19)17-7-5-12(6-8-17)11(2)16;/h3-4,9,11-12H,5-8,16H2,1-2H3;1H. The lowest BCUT2D eigenvalue weighted by Gasteiger charge is -2.33. The highest BCUT2D eigenvalue weighted by Crippen LogP contribution is 2.26. The van der Waals surface area contributed by atoms with Crippen LogP contribution in [0.5, 0.6) is 0 Å². The Kier molecular flexibility index (Phi) is 6.16. The van der Waals surface area contributed by atoms with Crippen LogP contribution in [-0.4, -0.2) is 31.9 Å². The molecule has 1 aliphatic heterocycles.